The van der Waals surface area contributed by atoms with Gasteiger partial charge in [-0.15, -0.1) is 20.4 Å². The number of anilines is 1. The quantitative estimate of drug-likeness (QED) is 0.728. The lowest BCUT2D eigenvalue weighted by Gasteiger charge is -2.04. The standard InChI is InChI=1S/C16H19N7OS/c1-4-14-18-20-16(25-14)17-13(24)9-23-21-15(19-22-23)12-7-5-11(6-8-12)10(2)3/h5-8,10H,4,9H2,1-3H3,(H,17,20,24). The summed E-state index contributed by atoms with van der Waals surface area (Å²) in [7, 11) is 0. The minimum Gasteiger partial charge on any atom is -0.299 e. The fourth-order valence-electron chi connectivity index (χ4n) is 2.18. The highest BCUT2D eigenvalue weighted by atomic mass is 32.1. The highest BCUT2D eigenvalue weighted by Crippen LogP contribution is 2.19. The Hall–Kier alpha value is -2.68. The van der Waals surface area contributed by atoms with E-state index in [1.807, 2.05) is 31.2 Å². The topological polar surface area (TPSA) is 98.5 Å². The number of carbonyl (C=O) groups excluding carboxylic acids is 1. The van der Waals surface area contributed by atoms with Crippen molar-refractivity contribution >= 4 is 22.4 Å². The fourth-order valence-corrected chi connectivity index (χ4v) is 2.87. The van der Waals surface area contributed by atoms with Crippen LogP contribution in [-0.2, 0) is 17.8 Å². The summed E-state index contributed by atoms with van der Waals surface area (Å²) in [6.45, 7) is 6.24. The molecule has 3 rings (SSSR count). The Morgan fingerprint density at radius 1 is 1.20 bits per heavy atom. The average molecular weight is 357 g/mol. The molecule has 1 amide bonds. The van der Waals surface area contributed by atoms with E-state index in [9.17, 15) is 4.79 Å². The molecule has 2 aromatic heterocycles. The summed E-state index contributed by atoms with van der Waals surface area (Å²) in [6.07, 6.45) is 0.789. The summed E-state index contributed by atoms with van der Waals surface area (Å²) in [5.74, 6) is 0.695. The maximum atomic E-state index is 12.0. The molecule has 0 unspecified atom stereocenters. The summed E-state index contributed by atoms with van der Waals surface area (Å²) in [5.41, 5.74) is 2.12. The molecule has 0 radical (unpaired) electrons. The van der Waals surface area contributed by atoms with Gasteiger partial charge in [-0.25, -0.2) is 0 Å². The van der Waals surface area contributed by atoms with Crippen molar-refractivity contribution in [2.24, 2.45) is 0 Å². The molecule has 0 bridgehead atoms. The number of aromatic nitrogens is 6. The zero-order valence-electron chi connectivity index (χ0n) is 14.3. The Morgan fingerprint density at radius 3 is 2.60 bits per heavy atom. The fraction of sp³-hybridized carbons (Fsp3) is 0.375. The first kappa shape index (κ1) is 17.2. The number of nitrogens with one attached hydrogen (secondary N) is 1. The van der Waals surface area contributed by atoms with Crippen molar-refractivity contribution in [3.05, 3.63) is 34.8 Å². The second-order valence-corrected chi connectivity index (χ2v) is 6.88. The van der Waals surface area contributed by atoms with Crippen LogP contribution in [0.4, 0.5) is 5.13 Å². The average Bonchev–Trinajstić information content (AvgIpc) is 3.24. The van der Waals surface area contributed by atoms with Crippen molar-refractivity contribution in [2.75, 3.05) is 5.32 Å². The van der Waals surface area contributed by atoms with E-state index < -0.39 is 0 Å². The van der Waals surface area contributed by atoms with Gasteiger partial charge in [-0.3, -0.25) is 10.1 Å². The summed E-state index contributed by atoms with van der Waals surface area (Å²) in [5, 5.41) is 24.1. The molecule has 0 atom stereocenters. The molecule has 0 spiro atoms. The molecule has 9 heteroatoms. The predicted octanol–water partition coefficient (Wildman–Crippen LogP) is 2.52. The van der Waals surface area contributed by atoms with Gasteiger partial charge in [0.05, 0.1) is 0 Å². The Balaban J connectivity index is 1.63. The highest BCUT2D eigenvalue weighted by Gasteiger charge is 2.12. The number of benzene rings is 1. The first-order chi connectivity index (χ1) is 12.0. The van der Waals surface area contributed by atoms with E-state index >= 15 is 0 Å². The molecular formula is C16H19N7OS. The number of hydrogen-bond acceptors (Lipinski definition) is 7. The number of carbonyl (C=O) groups is 1. The molecule has 0 aliphatic heterocycles. The molecular weight excluding hydrogens is 338 g/mol. The molecule has 2 heterocycles. The molecule has 0 fully saturated rings. The molecule has 0 saturated carbocycles. The van der Waals surface area contributed by atoms with Gasteiger partial charge in [0.25, 0.3) is 0 Å². The minimum absolute atomic E-state index is 0.0296. The van der Waals surface area contributed by atoms with Crippen molar-refractivity contribution in [3.8, 4) is 11.4 Å². The summed E-state index contributed by atoms with van der Waals surface area (Å²) in [6, 6.07) is 8.02. The van der Waals surface area contributed by atoms with Crippen LogP contribution < -0.4 is 5.32 Å². The molecule has 1 aromatic carbocycles. The zero-order chi connectivity index (χ0) is 17.8. The second-order valence-electron chi connectivity index (χ2n) is 5.82. The molecule has 8 nitrogen and oxygen atoms in total. The van der Waals surface area contributed by atoms with Crippen LogP contribution in [0.5, 0.6) is 0 Å². The van der Waals surface area contributed by atoms with Crippen LogP contribution in [0.15, 0.2) is 24.3 Å². The van der Waals surface area contributed by atoms with Crippen molar-refractivity contribution in [1.82, 2.24) is 30.4 Å². The van der Waals surface area contributed by atoms with Crippen LogP contribution >= 0.6 is 11.3 Å². The maximum Gasteiger partial charge on any atom is 0.249 e. The minimum atomic E-state index is -0.266. The molecule has 0 aliphatic carbocycles. The van der Waals surface area contributed by atoms with Crippen molar-refractivity contribution < 1.29 is 4.79 Å². The van der Waals surface area contributed by atoms with Crippen molar-refractivity contribution in [3.63, 3.8) is 0 Å². The third-order valence-electron chi connectivity index (χ3n) is 3.59. The summed E-state index contributed by atoms with van der Waals surface area (Å²) < 4.78 is 0. The Labute approximate surface area is 149 Å². The normalized spacial score (nSPS) is 11.0. The van der Waals surface area contributed by atoms with Crippen molar-refractivity contribution in [2.45, 2.75) is 39.7 Å². The van der Waals surface area contributed by atoms with Crippen LogP contribution in [0.25, 0.3) is 11.4 Å². The largest absolute Gasteiger partial charge is 0.299 e. The van der Waals surface area contributed by atoms with E-state index in [4.69, 9.17) is 0 Å². The van der Waals surface area contributed by atoms with Gasteiger partial charge in [0.2, 0.25) is 16.9 Å². The molecule has 130 valence electrons. The third kappa shape index (κ3) is 4.24. The van der Waals surface area contributed by atoms with Crippen LogP contribution in [0.3, 0.4) is 0 Å². The Kier molecular flexibility index (Phi) is 5.13. The number of hydrogen-bond donors (Lipinski definition) is 1. The highest BCUT2D eigenvalue weighted by molar-refractivity contribution is 7.15. The van der Waals surface area contributed by atoms with E-state index in [0.717, 1.165) is 17.0 Å². The monoisotopic (exact) mass is 357 g/mol. The van der Waals surface area contributed by atoms with E-state index in [1.165, 1.54) is 21.7 Å². The van der Waals surface area contributed by atoms with Gasteiger partial charge in [-0.2, -0.15) is 4.80 Å². The maximum absolute atomic E-state index is 12.0. The molecule has 3 aromatic rings. The van der Waals surface area contributed by atoms with Gasteiger partial charge in [0, 0.05) is 5.56 Å². The van der Waals surface area contributed by atoms with E-state index in [2.05, 4.69) is 44.8 Å². The van der Waals surface area contributed by atoms with Gasteiger partial charge in [0.1, 0.15) is 11.6 Å². The van der Waals surface area contributed by atoms with Gasteiger partial charge in [-0.05, 0) is 23.1 Å². The van der Waals surface area contributed by atoms with Gasteiger partial charge in [0.15, 0.2) is 0 Å². The van der Waals surface area contributed by atoms with Crippen LogP contribution in [0.2, 0.25) is 0 Å². The van der Waals surface area contributed by atoms with Crippen molar-refractivity contribution in [1.29, 1.82) is 0 Å². The van der Waals surface area contributed by atoms with Crippen LogP contribution in [-0.4, -0.2) is 36.3 Å². The molecule has 0 saturated heterocycles. The smallest absolute Gasteiger partial charge is 0.249 e. The number of tetrazole rings is 1. The Morgan fingerprint density at radius 2 is 1.96 bits per heavy atom. The number of rotatable bonds is 6. The number of nitrogens with zero attached hydrogens (tertiary/aromatic N) is 6. The predicted molar refractivity (Wildman–Crippen MR) is 95.3 cm³/mol. The van der Waals surface area contributed by atoms with E-state index in [1.54, 1.807) is 0 Å². The Bertz CT molecular complexity index is 854. The second kappa shape index (κ2) is 7.47. The summed E-state index contributed by atoms with van der Waals surface area (Å²) in [4.78, 5) is 13.3. The SMILES string of the molecule is CCc1nnc(NC(=O)Cn2nnc(-c3ccc(C(C)C)cc3)n2)s1. The first-order valence-electron chi connectivity index (χ1n) is 8.05. The summed E-state index contributed by atoms with van der Waals surface area (Å²) >= 11 is 1.36. The molecule has 1 N–H and O–H groups in total. The lowest BCUT2D eigenvalue weighted by atomic mass is 10.0. The first-order valence-corrected chi connectivity index (χ1v) is 8.87. The number of amides is 1. The van der Waals surface area contributed by atoms with Crippen LogP contribution in [0.1, 0.15) is 37.3 Å². The molecule has 25 heavy (non-hydrogen) atoms. The van der Waals surface area contributed by atoms with Gasteiger partial charge < -0.3 is 0 Å². The van der Waals surface area contributed by atoms with E-state index in [0.29, 0.717) is 16.9 Å². The van der Waals surface area contributed by atoms with Crippen LogP contribution in [0, 0.1) is 0 Å². The lowest BCUT2D eigenvalue weighted by Crippen LogP contribution is -2.20. The third-order valence-corrected chi connectivity index (χ3v) is 4.57. The molecule has 0 aliphatic rings. The van der Waals surface area contributed by atoms with E-state index in [-0.39, 0.29) is 12.5 Å². The number of aryl methyl sites for hydroxylation is 1. The lowest BCUT2D eigenvalue weighted by molar-refractivity contribution is -0.117. The zero-order valence-corrected chi connectivity index (χ0v) is 15.1. The van der Waals surface area contributed by atoms with Gasteiger partial charge >= 0.3 is 0 Å². The van der Waals surface area contributed by atoms with Gasteiger partial charge in [-0.1, -0.05) is 56.4 Å².